The molecule has 0 radical (unpaired) electrons. The zero-order chi connectivity index (χ0) is 20.6. The summed E-state index contributed by atoms with van der Waals surface area (Å²) < 4.78 is 37.4. The van der Waals surface area contributed by atoms with Crippen molar-refractivity contribution in [1.29, 1.82) is 0 Å². The van der Waals surface area contributed by atoms with Crippen molar-refractivity contribution in [2.45, 2.75) is 44.1 Å². The molecule has 3 aliphatic rings. The molecule has 1 saturated heterocycles. The summed E-state index contributed by atoms with van der Waals surface area (Å²) in [6, 6.07) is 2.15. The summed E-state index contributed by atoms with van der Waals surface area (Å²) in [4.78, 5) is 29.3. The van der Waals surface area contributed by atoms with Crippen molar-refractivity contribution in [2.75, 3.05) is 24.6 Å². The second-order valence-electron chi connectivity index (χ2n) is 8.11. The van der Waals surface area contributed by atoms with E-state index < -0.39 is 37.1 Å². The van der Waals surface area contributed by atoms with E-state index in [0.29, 0.717) is 30.6 Å². The number of pyridine rings is 1. The number of alkyl halides is 2. The Balaban J connectivity index is 1.41. The molecule has 1 atom stereocenters. The van der Waals surface area contributed by atoms with Crippen molar-refractivity contribution in [1.82, 2.24) is 10.3 Å². The molecule has 2 saturated carbocycles. The van der Waals surface area contributed by atoms with Crippen LogP contribution in [-0.2, 0) is 4.79 Å². The molecular weight excluding hydrogens is 386 g/mol. The van der Waals surface area contributed by atoms with Crippen LogP contribution in [0, 0.1) is 11.8 Å². The lowest BCUT2D eigenvalue weighted by Crippen LogP contribution is -2.56. The number of hydrogen-bond donors (Lipinski definition) is 2. The molecule has 0 aromatic carbocycles. The van der Waals surface area contributed by atoms with Crippen molar-refractivity contribution in [2.24, 2.45) is 17.6 Å². The zero-order valence-corrected chi connectivity index (χ0v) is 15.9. The summed E-state index contributed by atoms with van der Waals surface area (Å²) in [6.07, 6.45) is 3.78. The number of nitrogens with two attached hydrogens (primary N) is 1. The number of nitrogens with zero attached hydrogens (tertiary/aromatic N) is 2. The number of hydrogen-bond acceptors (Lipinski definition) is 6. The van der Waals surface area contributed by atoms with Gasteiger partial charge < -0.3 is 25.4 Å². The second-order valence-corrected chi connectivity index (χ2v) is 8.11. The molecule has 0 spiro atoms. The van der Waals surface area contributed by atoms with Crippen LogP contribution in [0.15, 0.2) is 12.1 Å². The first kappa shape index (κ1) is 19.7. The second kappa shape index (κ2) is 7.64. The van der Waals surface area contributed by atoms with Gasteiger partial charge in [-0.05, 0) is 37.2 Å². The number of nitrogens with one attached hydrogen (secondary N) is 1. The maximum absolute atomic E-state index is 13.2. The number of aromatic nitrogens is 1. The van der Waals surface area contributed by atoms with Crippen molar-refractivity contribution < 1.29 is 27.8 Å². The molecule has 1 aromatic heterocycles. The van der Waals surface area contributed by atoms with E-state index in [2.05, 4.69) is 10.3 Å². The lowest BCUT2D eigenvalue weighted by atomic mass is 10.1. The number of amides is 2. The number of primary amides is 1. The minimum absolute atomic E-state index is 0.0426. The largest absolute Gasteiger partial charge is 0.476 e. The molecule has 1 aliphatic heterocycles. The van der Waals surface area contributed by atoms with Gasteiger partial charge >= 0.3 is 6.09 Å². The van der Waals surface area contributed by atoms with Crippen LogP contribution in [0.4, 0.5) is 19.3 Å². The Hall–Kier alpha value is -2.65. The van der Waals surface area contributed by atoms with Gasteiger partial charge in [-0.2, -0.15) is 4.98 Å². The maximum atomic E-state index is 13.2. The van der Waals surface area contributed by atoms with E-state index in [1.165, 1.54) is 11.0 Å². The lowest BCUT2D eigenvalue weighted by Gasteiger charge is -2.40. The molecular formula is C19H24F2N4O4. The van der Waals surface area contributed by atoms with Gasteiger partial charge in [-0.25, -0.2) is 13.6 Å². The van der Waals surface area contributed by atoms with Gasteiger partial charge in [0.2, 0.25) is 17.7 Å². The lowest BCUT2D eigenvalue weighted by molar-refractivity contribution is -0.120. The molecule has 3 N–H and O–H groups in total. The van der Waals surface area contributed by atoms with Gasteiger partial charge in [0.25, 0.3) is 5.92 Å². The van der Waals surface area contributed by atoms with E-state index in [1.54, 1.807) is 6.07 Å². The van der Waals surface area contributed by atoms with E-state index >= 15 is 0 Å². The van der Waals surface area contributed by atoms with Gasteiger partial charge in [0.1, 0.15) is 11.7 Å². The minimum atomic E-state index is -2.73. The number of anilines is 1. The smallest absolute Gasteiger partial charge is 0.414 e. The quantitative estimate of drug-likeness (QED) is 0.646. The van der Waals surface area contributed by atoms with E-state index in [4.69, 9.17) is 15.2 Å². The third kappa shape index (κ3) is 5.24. The molecule has 1 aromatic rings. The third-order valence-electron chi connectivity index (χ3n) is 5.25. The Morgan fingerprint density at radius 3 is 2.52 bits per heavy atom. The Kier molecular flexibility index (Phi) is 5.18. The van der Waals surface area contributed by atoms with Gasteiger partial charge in [-0.3, -0.25) is 4.79 Å². The Labute approximate surface area is 166 Å². The highest BCUT2D eigenvalue weighted by Gasteiger charge is 2.45. The third-order valence-corrected chi connectivity index (χ3v) is 5.25. The van der Waals surface area contributed by atoms with Crippen molar-refractivity contribution >= 4 is 17.7 Å². The summed E-state index contributed by atoms with van der Waals surface area (Å²) in [5, 5.41) is 2.46. The number of carbonyl (C=O) groups is 2. The molecule has 0 bridgehead atoms. The van der Waals surface area contributed by atoms with Gasteiger partial charge in [-0.1, -0.05) is 12.8 Å². The standard InChI is InChI=1S/C19H24F2N4O4/c20-19(21)9-25(10-19)14-5-6-15(24-17(14)28-8-12-3-4-12)29-18(27)23-13(16(22)26)7-11-1-2-11/h5-6,11-13H,1-4,7-10H2,(H2,22,26)(H,23,27)/t13-/m0/s1. The fourth-order valence-electron chi connectivity index (χ4n) is 3.18. The Bertz CT molecular complexity index is 790. The number of rotatable bonds is 9. The van der Waals surface area contributed by atoms with Crippen LogP contribution < -0.4 is 25.4 Å². The highest BCUT2D eigenvalue weighted by atomic mass is 19.3. The van der Waals surface area contributed by atoms with Gasteiger partial charge in [0, 0.05) is 6.07 Å². The van der Waals surface area contributed by atoms with Gasteiger partial charge in [0.15, 0.2) is 0 Å². The highest BCUT2D eigenvalue weighted by Crippen LogP contribution is 2.39. The first-order valence-electron chi connectivity index (χ1n) is 9.83. The molecule has 2 heterocycles. The molecule has 29 heavy (non-hydrogen) atoms. The fourth-order valence-corrected chi connectivity index (χ4v) is 3.18. The molecule has 4 rings (SSSR count). The normalized spacial score (nSPS) is 21.1. The molecule has 2 aliphatic carbocycles. The van der Waals surface area contributed by atoms with Crippen LogP contribution in [0.5, 0.6) is 11.8 Å². The molecule has 158 valence electrons. The van der Waals surface area contributed by atoms with E-state index in [-0.39, 0.29) is 11.8 Å². The summed E-state index contributed by atoms with van der Waals surface area (Å²) in [7, 11) is 0. The van der Waals surface area contributed by atoms with Crippen LogP contribution in [0.3, 0.4) is 0 Å². The van der Waals surface area contributed by atoms with E-state index in [0.717, 1.165) is 25.7 Å². The molecule has 3 fully saturated rings. The summed E-state index contributed by atoms with van der Waals surface area (Å²) in [5.74, 6) is -2.41. The molecule has 10 heteroatoms. The first-order valence-corrected chi connectivity index (χ1v) is 9.83. The predicted octanol–water partition coefficient (Wildman–Crippen LogP) is 2.07. The number of halogens is 2. The summed E-state index contributed by atoms with van der Waals surface area (Å²) >= 11 is 0. The molecule has 2 amide bonds. The van der Waals surface area contributed by atoms with Gasteiger partial charge in [0.05, 0.1) is 19.7 Å². The van der Waals surface area contributed by atoms with Crippen LogP contribution in [0.1, 0.15) is 32.1 Å². The predicted molar refractivity (Wildman–Crippen MR) is 99.1 cm³/mol. The highest BCUT2D eigenvalue weighted by molar-refractivity contribution is 5.84. The topological polar surface area (TPSA) is 107 Å². The Morgan fingerprint density at radius 1 is 1.24 bits per heavy atom. The summed E-state index contributed by atoms with van der Waals surface area (Å²) in [6.45, 7) is -0.377. The maximum Gasteiger partial charge on any atom is 0.414 e. The van der Waals surface area contributed by atoms with Crippen molar-refractivity contribution in [3.05, 3.63) is 12.1 Å². The molecule has 8 nitrogen and oxygen atoms in total. The van der Waals surface area contributed by atoms with E-state index in [1.807, 2.05) is 0 Å². The fraction of sp³-hybridized carbons (Fsp3) is 0.632. The summed E-state index contributed by atoms with van der Waals surface area (Å²) in [5.41, 5.74) is 5.78. The Morgan fingerprint density at radius 2 is 1.93 bits per heavy atom. The number of ether oxygens (including phenoxy) is 2. The zero-order valence-electron chi connectivity index (χ0n) is 15.9. The minimum Gasteiger partial charge on any atom is -0.476 e. The van der Waals surface area contributed by atoms with Crippen LogP contribution in [-0.4, -0.2) is 48.6 Å². The monoisotopic (exact) mass is 410 g/mol. The van der Waals surface area contributed by atoms with Crippen LogP contribution in [0.25, 0.3) is 0 Å². The average Bonchev–Trinajstić information content (AvgIpc) is 3.52. The van der Waals surface area contributed by atoms with Crippen molar-refractivity contribution in [3.63, 3.8) is 0 Å². The van der Waals surface area contributed by atoms with Gasteiger partial charge in [-0.15, -0.1) is 0 Å². The average molecular weight is 410 g/mol. The van der Waals surface area contributed by atoms with E-state index in [9.17, 15) is 18.4 Å². The van der Waals surface area contributed by atoms with Crippen LogP contribution >= 0.6 is 0 Å². The SMILES string of the molecule is NC(=O)[C@H](CC1CC1)NC(=O)Oc1ccc(N2CC(F)(F)C2)c(OCC2CC2)n1. The molecule has 0 unspecified atom stereocenters. The number of carbonyl (C=O) groups excluding carboxylic acids is 2. The van der Waals surface area contributed by atoms with Crippen molar-refractivity contribution in [3.8, 4) is 11.8 Å². The first-order chi connectivity index (χ1) is 13.8. The van der Waals surface area contributed by atoms with Crippen LogP contribution in [0.2, 0.25) is 0 Å².